The minimum atomic E-state index is -0.0960. The summed E-state index contributed by atoms with van der Waals surface area (Å²) in [6, 6.07) is 5.50. The lowest BCUT2D eigenvalue weighted by Crippen LogP contribution is -2.43. The maximum atomic E-state index is 14.3. The van der Waals surface area contributed by atoms with E-state index in [0.29, 0.717) is 5.92 Å². The van der Waals surface area contributed by atoms with Gasteiger partial charge in [-0.2, -0.15) is 11.8 Å². The lowest BCUT2D eigenvalue weighted by atomic mass is 9.79. The number of hydrogen-bond acceptors (Lipinski definition) is 3. The number of nitrogens with one attached hydrogen (secondary N) is 1. The van der Waals surface area contributed by atoms with Crippen LogP contribution in [0.25, 0.3) is 0 Å². The third-order valence-electron chi connectivity index (χ3n) is 4.87. The number of aryl methyl sites for hydroxylation is 1. The highest BCUT2D eigenvalue weighted by atomic mass is 32.2. The topological polar surface area (TPSA) is 21.3 Å². The van der Waals surface area contributed by atoms with Gasteiger partial charge in [0, 0.05) is 24.0 Å². The van der Waals surface area contributed by atoms with Crippen LogP contribution >= 0.6 is 11.8 Å². The molecule has 116 valence electrons. The first-order chi connectivity index (χ1) is 10.1. The summed E-state index contributed by atoms with van der Waals surface area (Å²) in [5.41, 5.74) is 1.97. The van der Waals surface area contributed by atoms with E-state index in [9.17, 15) is 4.39 Å². The van der Waals surface area contributed by atoms with Crippen molar-refractivity contribution >= 4 is 11.8 Å². The number of halogens is 1. The van der Waals surface area contributed by atoms with Crippen molar-refractivity contribution in [1.82, 2.24) is 5.32 Å². The normalized spacial score (nSPS) is 30.7. The molecule has 4 heteroatoms. The average Bonchev–Trinajstić information content (AvgIpc) is 2.91. The second-order valence-corrected chi connectivity index (χ2v) is 7.48. The zero-order chi connectivity index (χ0) is 14.9. The van der Waals surface area contributed by atoms with E-state index < -0.39 is 0 Å². The molecular formula is C17H24FNOS. The fraction of sp³-hybridized carbons (Fsp3) is 0.647. The molecule has 0 aliphatic carbocycles. The van der Waals surface area contributed by atoms with Gasteiger partial charge >= 0.3 is 0 Å². The molecule has 3 atom stereocenters. The van der Waals surface area contributed by atoms with Crippen LogP contribution in [-0.4, -0.2) is 30.8 Å². The molecule has 1 aromatic rings. The molecular weight excluding hydrogens is 285 g/mol. The molecule has 3 rings (SSSR count). The third kappa shape index (κ3) is 3.13. The number of hydrogen-bond donors (Lipinski definition) is 1. The molecule has 0 saturated carbocycles. The van der Waals surface area contributed by atoms with Crippen molar-refractivity contribution in [3.63, 3.8) is 0 Å². The van der Waals surface area contributed by atoms with Crippen molar-refractivity contribution < 1.29 is 9.13 Å². The van der Waals surface area contributed by atoms with Gasteiger partial charge in [-0.15, -0.1) is 0 Å². The first-order valence-corrected chi connectivity index (χ1v) is 8.94. The van der Waals surface area contributed by atoms with Crippen molar-refractivity contribution in [2.45, 2.75) is 37.8 Å². The summed E-state index contributed by atoms with van der Waals surface area (Å²) in [6.07, 6.45) is 3.19. The number of thioether (sulfide) groups is 1. The smallest absolute Gasteiger partial charge is 0.128 e. The average molecular weight is 309 g/mol. The Balaban J connectivity index is 1.84. The van der Waals surface area contributed by atoms with Crippen LogP contribution in [0.4, 0.5) is 4.39 Å². The Kier molecular flexibility index (Phi) is 4.57. The molecule has 0 bridgehead atoms. The fourth-order valence-corrected chi connectivity index (χ4v) is 5.14. The van der Waals surface area contributed by atoms with Gasteiger partial charge in [0.15, 0.2) is 0 Å². The highest BCUT2D eigenvalue weighted by Crippen LogP contribution is 2.44. The van der Waals surface area contributed by atoms with Crippen LogP contribution in [0.5, 0.6) is 0 Å². The molecule has 3 unspecified atom stereocenters. The summed E-state index contributed by atoms with van der Waals surface area (Å²) in [5, 5.41) is 3.36. The van der Waals surface area contributed by atoms with E-state index in [4.69, 9.17) is 4.74 Å². The Morgan fingerprint density at radius 2 is 2.33 bits per heavy atom. The predicted molar refractivity (Wildman–Crippen MR) is 86.3 cm³/mol. The predicted octanol–water partition coefficient (Wildman–Crippen LogP) is 3.70. The van der Waals surface area contributed by atoms with Gasteiger partial charge in [-0.3, -0.25) is 0 Å². The molecule has 2 fully saturated rings. The largest absolute Gasteiger partial charge is 0.374 e. The van der Waals surface area contributed by atoms with Crippen LogP contribution in [0, 0.1) is 18.7 Å². The lowest BCUT2D eigenvalue weighted by Gasteiger charge is -2.41. The van der Waals surface area contributed by atoms with E-state index in [0.717, 1.165) is 42.7 Å². The zero-order valence-electron chi connectivity index (χ0n) is 12.8. The van der Waals surface area contributed by atoms with E-state index in [1.165, 1.54) is 5.75 Å². The maximum absolute atomic E-state index is 14.3. The van der Waals surface area contributed by atoms with E-state index in [1.54, 1.807) is 6.07 Å². The van der Waals surface area contributed by atoms with E-state index >= 15 is 0 Å². The Morgan fingerprint density at radius 1 is 1.48 bits per heavy atom. The standard InChI is InChI=1S/C17H24FNOS/c1-12-3-4-15(18)14(9-12)16(19-2)13-5-7-20-17(10-13)6-8-21-11-17/h3-4,9,13,16,19H,5-8,10-11H2,1-2H3. The fourth-order valence-electron chi connectivity index (χ4n) is 3.76. The van der Waals surface area contributed by atoms with Crippen molar-refractivity contribution in [3.05, 3.63) is 35.1 Å². The summed E-state index contributed by atoms with van der Waals surface area (Å²) in [6.45, 7) is 2.82. The molecule has 0 amide bonds. The molecule has 21 heavy (non-hydrogen) atoms. The van der Waals surface area contributed by atoms with E-state index in [1.807, 2.05) is 37.9 Å². The number of benzene rings is 1. The second kappa shape index (κ2) is 6.27. The Labute approximate surface area is 130 Å². The highest BCUT2D eigenvalue weighted by Gasteiger charge is 2.42. The molecule has 0 radical (unpaired) electrons. The highest BCUT2D eigenvalue weighted by molar-refractivity contribution is 7.99. The van der Waals surface area contributed by atoms with Crippen molar-refractivity contribution in [2.75, 3.05) is 25.2 Å². The summed E-state index contributed by atoms with van der Waals surface area (Å²) < 4.78 is 20.4. The van der Waals surface area contributed by atoms with Crippen molar-refractivity contribution in [2.24, 2.45) is 5.92 Å². The monoisotopic (exact) mass is 309 g/mol. The SMILES string of the molecule is CNC(c1cc(C)ccc1F)C1CCOC2(CCSC2)C1. The van der Waals surface area contributed by atoms with Crippen LogP contribution in [0.2, 0.25) is 0 Å². The van der Waals surface area contributed by atoms with Crippen LogP contribution in [0.1, 0.15) is 36.4 Å². The summed E-state index contributed by atoms with van der Waals surface area (Å²) in [7, 11) is 1.94. The quantitative estimate of drug-likeness (QED) is 0.920. The van der Waals surface area contributed by atoms with Crippen LogP contribution in [0.15, 0.2) is 18.2 Å². The molecule has 2 nitrogen and oxygen atoms in total. The summed E-state index contributed by atoms with van der Waals surface area (Å²) >= 11 is 1.98. The maximum Gasteiger partial charge on any atom is 0.128 e. The first kappa shape index (κ1) is 15.3. The summed E-state index contributed by atoms with van der Waals surface area (Å²) in [4.78, 5) is 0. The number of rotatable bonds is 3. The van der Waals surface area contributed by atoms with Crippen LogP contribution < -0.4 is 5.32 Å². The lowest BCUT2D eigenvalue weighted by molar-refractivity contribution is -0.0852. The molecule has 1 N–H and O–H groups in total. The third-order valence-corrected chi connectivity index (χ3v) is 6.09. The Hall–Kier alpha value is -0.580. The van der Waals surface area contributed by atoms with Gasteiger partial charge in [-0.05, 0) is 51.0 Å². The van der Waals surface area contributed by atoms with Crippen LogP contribution in [-0.2, 0) is 4.74 Å². The van der Waals surface area contributed by atoms with Gasteiger partial charge in [0.1, 0.15) is 5.82 Å². The zero-order valence-corrected chi connectivity index (χ0v) is 13.6. The van der Waals surface area contributed by atoms with Crippen molar-refractivity contribution in [3.8, 4) is 0 Å². The second-order valence-electron chi connectivity index (χ2n) is 6.38. The molecule has 2 heterocycles. The van der Waals surface area contributed by atoms with Gasteiger partial charge in [-0.1, -0.05) is 17.7 Å². The van der Waals surface area contributed by atoms with Gasteiger partial charge in [-0.25, -0.2) is 4.39 Å². The van der Waals surface area contributed by atoms with Crippen molar-refractivity contribution in [1.29, 1.82) is 0 Å². The first-order valence-electron chi connectivity index (χ1n) is 7.79. The molecule has 2 saturated heterocycles. The van der Waals surface area contributed by atoms with Gasteiger partial charge in [0.25, 0.3) is 0 Å². The van der Waals surface area contributed by atoms with Gasteiger partial charge < -0.3 is 10.1 Å². The minimum absolute atomic E-state index is 0.0446. The van der Waals surface area contributed by atoms with E-state index in [2.05, 4.69) is 5.32 Å². The summed E-state index contributed by atoms with van der Waals surface area (Å²) in [5.74, 6) is 2.63. The number of ether oxygens (including phenoxy) is 1. The molecule has 1 aromatic carbocycles. The van der Waals surface area contributed by atoms with Gasteiger partial charge in [0.05, 0.1) is 5.60 Å². The van der Waals surface area contributed by atoms with Gasteiger partial charge in [0.2, 0.25) is 0 Å². The molecule has 2 aliphatic heterocycles. The molecule has 1 spiro atoms. The minimum Gasteiger partial charge on any atom is -0.374 e. The molecule has 0 aromatic heterocycles. The van der Waals surface area contributed by atoms with Crippen LogP contribution in [0.3, 0.4) is 0 Å². The Morgan fingerprint density at radius 3 is 3.05 bits per heavy atom. The van der Waals surface area contributed by atoms with E-state index in [-0.39, 0.29) is 17.5 Å². The molecule has 2 aliphatic rings. The Bertz CT molecular complexity index is 502.